The molecule has 0 saturated carbocycles. The van der Waals surface area contributed by atoms with Crippen molar-refractivity contribution in [3.05, 3.63) is 69.6 Å². The second-order valence-electron chi connectivity index (χ2n) is 7.48. The van der Waals surface area contributed by atoms with E-state index in [1.807, 2.05) is 32.0 Å². The number of hydrogen-bond acceptors (Lipinski definition) is 6. The van der Waals surface area contributed by atoms with Crippen LogP contribution in [0.5, 0.6) is 11.5 Å². The predicted octanol–water partition coefficient (Wildman–Crippen LogP) is 3.32. The molecule has 0 fully saturated rings. The molecule has 1 aliphatic rings. The van der Waals surface area contributed by atoms with Crippen molar-refractivity contribution in [2.75, 3.05) is 23.8 Å². The molecule has 2 aromatic carbocycles. The Balaban J connectivity index is 1.55. The van der Waals surface area contributed by atoms with Crippen LogP contribution in [0, 0.1) is 20.8 Å². The third-order valence-electron chi connectivity index (χ3n) is 5.03. The average molecular weight is 420 g/mol. The largest absolute Gasteiger partial charge is 0.486 e. The molecule has 0 radical (unpaired) electrons. The summed E-state index contributed by atoms with van der Waals surface area (Å²) in [6.07, 6.45) is 0. The van der Waals surface area contributed by atoms with Crippen LogP contribution in [0.4, 0.5) is 17.3 Å². The summed E-state index contributed by atoms with van der Waals surface area (Å²) in [6, 6.07) is 12.5. The zero-order valence-electron chi connectivity index (χ0n) is 17.7. The van der Waals surface area contributed by atoms with Gasteiger partial charge in [-0.1, -0.05) is 6.07 Å². The molecule has 0 aliphatic carbocycles. The number of ether oxygens (including phenoxy) is 2. The standard InChI is InChI=1S/C23H24N4O4/c1-14-4-5-17(10-15(14)2)26-23-24-16(3)11-22(29)27(23)13-21(28)25-18-6-7-19-20(12-18)31-9-8-30-19/h4-7,10-12H,8-9,13H2,1-3H3,(H,24,26)(H,25,28). The van der Waals surface area contributed by atoms with E-state index in [9.17, 15) is 9.59 Å². The summed E-state index contributed by atoms with van der Waals surface area (Å²) in [7, 11) is 0. The van der Waals surface area contributed by atoms with Gasteiger partial charge in [0.2, 0.25) is 11.9 Å². The third kappa shape index (κ3) is 4.69. The number of nitrogens with one attached hydrogen (secondary N) is 2. The lowest BCUT2D eigenvalue weighted by Gasteiger charge is -2.19. The molecule has 3 aromatic rings. The Labute approximate surface area is 179 Å². The van der Waals surface area contributed by atoms with Gasteiger partial charge < -0.3 is 20.1 Å². The van der Waals surface area contributed by atoms with Crippen molar-refractivity contribution < 1.29 is 14.3 Å². The maximum atomic E-state index is 12.7. The molecule has 0 spiro atoms. The van der Waals surface area contributed by atoms with Crippen molar-refractivity contribution in [2.45, 2.75) is 27.3 Å². The number of carbonyl (C=O) groups excluding carboxylic acids is 1. The van der Waals surface area contributed by atoms with Crippen LogP contribution in [-0.4, -0.2) is 28.7 Å². The topological polar surface area (TPSA) is 94.5 Å². The first kappa shape index (κ1) is 20.5. The Morgan fingerprint density at radius 3 is 2.48 bits per heavy atom. The van der Waals surface area contributed by atoms with Crippen molar-refractivity contribution >= 4 is 23.2 Å². The Morgan fingerprint density at radius 2 is 1.71 bits per heavy atom. The molecule has 31 heavy (non-hydrogen) atoms. The third-order valence-corrected chi connectivity index (χ3v) is 5.03. The maximum Gasteiger partial charge on any atom is 0.255 e. The van der Waals surface area contributed by atoms with E-state index >= 15 is 0 Å². The van der Waals surface area contributed by atoms with E-state index in [1.54, 1.807) is 25.1 Å². The number of benzene rings is 2. The minimum Gasteiger partial charge on any atom is -0.486 e. The van der Waals surface area contributed by atoms with Gasteiger partial charge >= 0.3 is 0 Å². The summed E-state index contributed by atoms with van der Waals surface area (Å²) in [6.45, 7) is 6.56. The fourth-order valence-corrected chi connectivity index (χ4v) is 3.28. The van der Waals surface area contributed by atoms with E-state index in [1.165, 1.54) is 16.2 Å². The Bertz CT molecular complexity index is 1200. The van der Waals surface area contributed by atoms with Gasteiger partial charge in [0.05, 0.1) is 0 Å². The zero-order chi connectivity index (χ0) is 22.0. The van der Waals surface area contributed by atoms with E-state index in [0.717, 1.165) is 11.3 Å². The number of fused-ring (bicyclic) bond motifs is 1. The highest BCUT2D eigenvalue weighted by Crippen LogP contribution is 2.32. The van der Waals surface area contributed by atoms with Gasteiger partial charge in [-0.05, 0) is 56.2 Å². The van der Waals surface area contributed by atoms with Crippen LogP contribution in [0.25, 0.3) is 0 Å². The van der Waals surface area contributed by atoms with E-state index < -0.39 is 0 Å². The second kappa shape index (κ2) is 8.51. The second-order valence-corrected chi connectivity index (χ2v) is 7.48. The first-order valence-electron chi connectivity index (χ1n) is 10.0. The number of amides is 1. The van der Waals surface area contributed by atoms with Crippen LogP contribution in [0.1, 0.15) is 16.8 Å². The van der Waals surface area contributed by atoms with Gasteiger partial charge in [-0.2, -0.15) is 0 Å². The fraction of sp³-hybridized carbons (Fsp3) is 0.261. The highest BCUT2D eigenvalue weighted by atomic mass is 16.6. The SMILES string of the molecule is Cc1cc(=O)n(CC(=O)Nc2ccc3c(c2)OCCO3)c(Nc2ccc(C)c(C)c2)n1. The fourth-order valence-electron chi connectivity index (χ4n) is 3.28. The molecular formula is C23H24N4O4. The highest BCUT2D eigenvalue weighted by Gasteiger charge is 2.15. The first-order valence-corrected chi connectivity index (χ1v) is 10.0. The van der Waals surface area contributed by atoms with Gasteiger partial charge in [-0.25, -0.2) is 4.98 Å². The smallest absolute Gasteiger partial charge is 0.255 e. The van der Waals surface area contributed by atoms with Crippen molar-refractivity contribution in [1.29, 1.82) is 0 Å². The van der Waals surface area contributed by atoms with E-state index in [2.05, 4.69) is 15.6 Å². The van der Waals surface area contributed by atoms with Gasteiger partial charge in [0.25, 0.3) is 5.56 Å². The summed E-state index contributed by atoms with van der Waals surface area (Å²) >= 11 is 0. The van der Waals surface area contributed by atoms with Crippen LogP contribution >= 0.6 is 0 Å². The quantitative estimate of drug-likeness (QED) is 0.658. The number of hydrogen-bond donors (Lipinski definition) is 2. The summed E-state index contributed by atoms with van der Waals surface area (Å²) in [4.78, 5) is 29.7. The number of aryl methyl sites for hydroxylation is 3. The van der Waals surface area contributed by atoms with Gasteiger partial charge in [0.15, 0.2) is 11.5 Å². The number of nitrogens with zero attached hydrogens (tertiary/aromatic N) is 2. The zero-order valence-corrected chi connectivity index (χ0v) is 17.7. The minimum absolute atomic E-state index is 0.187. The molecule has 0 bridgehead atoms. The normalized spacial score (nSPS) is 12.4. The number of aromatic nitrogens is 2. The summed E-state index contributed by atoms with van der Waals surface area (Å²) in [5.74, 6) is 1.18. The molecule has 0 atom stereocenters. The lowest BCUT2D eigenvalue weighted by Crippen LogP contribution is -2.30. The lowest BCUT2D eigenvalue weighted by molar-refractivity contribution is -0.116. The van der Waals surface area contributed by atoms with Crippen LogP contribution in [0.2, 0.25) is 0 Å². The minimum atomic E-state index is -0.354. The first-order chi connectivity index (χ1) is 14.9. The molecule has 8 nitrogen and oxygen atoms in total. The molecule has 1 aliphatic heterocycles. The Kier molecular flexibility index (Phi) is 5.62. The van der Waals surface area contributed by atoms with Crippen LogP contribution in [0.3, 0.4) is 0 Å². The molecular weight excluding hydrogens is 396 g/mol. The van der Waals surface area contributed by atoms with Gasteiger partial charge in [0, 0.05) is 29.2 Å². The van der Waals surface area contributed by atoms with Crippen molar-refractivity contribution in [3.8, 4) is 11.5 Å². The molecule has 8 heteroatoms. The number of carbonyl (C=O) groups is 1. The average Bonchev–Trinajstić information content (AvgIpc) is 2.73. The van der Waals surface area contributed by atoms with Crippen molar-refractivity contribution in [2.24, 2.45) is 0 Å². The Hall–Kier alpha value is -3.81. The molecule has 0 unspecified atom stereocenters. The maximum absolute atomic E-state index is 12.7. The van der Waals surface area contributed by atoms with Gasteiger partial charge in [-0.15, -0.1) is 0 Å². The van der Waals surface area contributed by atoms with Gasteiger partial charge in [-0.3, -0.25) is 14.2 Å². The molecule has 2 heterocycles. The monoisotopic (exact) mass is 420 g/mol. The number of anilines is 3. The summed E-state index contributed by atoms with van der Waals surface area (Å²) < 4.78 is 12.4. The van der Waals surface area contributed by atoms with E-state index in [0.29, 0.717) is 42.0 Å². The molecule has 1 aromatic heterocycles. The van der Waals surface area contributed by atoms with E-state index in [4.69, 9.17) is 9.47 Å². The molecule has 1 amide bonds. The lowest BCUT2D eigenvalue weighted by atomic mass is 10.1. The predicted molar refractivity (Wildman–Crippen MR) is 118 cm³/mol. The summed E-state index contributed by atoms with van der Waals surface area (Å²) in [5.41, 5.74) is 3.89. The van der Waals surface area contributed by atoms with Crippen LogP contribution in [-0.2, 0) is 11.3 Å². The van der Waals surface area contributed by atoms with Crippen LogP contribution < -0.4 is 25.7 Å². The van der Waals surface area contributed by atoms with Crippen LogP contribution in [0.15, 0.2) is 47.3 Å². The molecule has 4 rings (SSSR count). The molecule has 160 valence electrons. The molecule has 0 saturated heterocycles. The Morgan fingerprint density at radius 1 is 0.968 bits per heavy atom. The van der Waals surface area contributed by atoms with Crippen molar-refractivity contribution in [1.82, 2.24) is 9.55 Å². The highest BCUT2D eigenvalue weighted by molar-refractivity contribution is 5.91. The van der Waals surface area contributed by atoms with E-state index in [-0.39, 0.29) is 18.0 Å². The van der Waals surface area contributed by atoms with Gasteiger partial charge in [0.1, 0.15) is 19.8 Å². The summed E-state index contributed by atoms with van der Waals surface area (Å²) in [5, 5.41) is 5.97. The van der Waals surface area contributed by atoms with Crippen molar-refractivity contribution in [3.63, 3.8) is 0 Å². The number of rotatable bonds is 5. The molecule has 2 N–H and O–H groups in total.